The molecule has 0 aliphatic rings. The Bertz CT molecular complexity index is 1500. The summed E-state index contributed by atoms with van der Waals surface area (Å²) in [7, 11) is -4.58. The van der Waals surface area contributed by atoms with Crippen molar-refractivity contribution in [1.29, 1.82) is 0 Å². The zero-order valence-electron chi connectivity index (χ0n) is 23.7. The Morgan fingerprint density at radius 2 is 1.57 bits per heavy atom. The lowest BCUT2D eigenvalue weighted by molar-refractivity contribution is -0.139. The van der Waals surface area contributed by atoms with Crippen LogP contribution >= 0.6 is 11.6 Å². The number of carbonyl (C=O) groups excluding carboxylic acids is 2. The van der Waals surface area contributed by atoms with E-state index in [0.29, 0.717) is 22.5 Å². The molecule has 3 aromatic carbocycles. The van der Waals surface area contributed by atoms with Crippen molar-refractivity contribution in [2.75, 3.05) is 17.4 Å². The van der Waals surface area contributed by atoms with E-state index in [9.17, 15) is 31.2 Å². The van der Waals surface area contributed by atoms with E-state index >= 15 is 0 Å². The smallest absolute Gasteiger partial charge is 0.354 e. The van der Waals surface area contributed by atoms with E-state index in [1.807, 2.05) is 32.9 Å². The van der Waals surface area contributed by atoms with Gasteiger partial charge in [0.15, 0.2) is 0 Å². The number of hydrogen-bond donors (Lipinski definition) is 1. The van der Waals surface area contributed by atoms with Gasteiger partial charge in [-0.25, -0.2) is 8.42 Å². The Balaban J connectivity index is 2.10. The van der Waals surface area contributed by atoms with E-state index < -0.39 is 51.9 Å². The molecule has 12 heteroatoms. The highest BCUT2D eigenvalue weighted by Crippen LogP contribution is 2.37. The second-order valence-corrected chi connectivity index (χ2v) is 12.6. The number of hydrogen-bond acceptors (Lipinski definition) is 4. The van der Waals surface area contributed by atoms with Crippen molar-refractivity contribution in [2.24, 2.45) is 5.92 Å². The molecule has 0 bridgehead atoms. The number of halogens is 4. The molecule has 0 saturated heterocycles. The van der Waals surface area contributed by atoms with Gasteiger partial charge < -0.3 is 10.2 Å². The first-order valence-corrected chi connectivity index (χ1v) is 15.0. The number of anilines is 1. The van der Waals surface area contributed by atoms with Crippen molar-refractivity contribution in [3.05, 3.63) is 94.5 Å². The van der Waals surface area contributed by atoms with Gasteiger partial charge in [0, 0.05) is 13.1 Å². The van der Waals surface area contributed by atoms with Gasteiger partial charge >= 0.3 is 6.18 Å². The highest BCUT2D eigenvalue weighted by molar-refractivity contribution is 7.92. The number of sulfonamides is 1. The molecule has 0 aromatic heterocycles. The number of aryl methyl sites for hydroxylation is 1. The molecule has 3 rings (SSSR count). The summed E-state index contributed by atoms with van der Waals surface area (Å²) in [5.41, 5.74) is -0.0119. The van der Waals surface area contributed by atoms with Crippen molar-refractivity contribution in [1.82, 2.24) is 10.2 Å². The van der Waals surface area contributed by atoms with Crippen LogP contribution in [0.25, 0.3) is 0 Å². The van der Waals surface area contributed by atoms with Gasteiger partial charge in [-0.15, -0.1) is 0 Å². The zero-order chi connectivity index (χ0) is 31.2. The number of alkyl halides is 3. The highest BCUT2D eigenvalue weighted by Gasteiger charge is 2.36. The molecule has 1 N–H and O–H groups in total. The van der Waals surface area contributed by atoms with E-state index in [4.69, 9.17) is 11.6 Å². The zero-order valence-corrected chi connectivity index (χ0v) is 25.2. The van der Waals surface area contributed by atoms with Crippen LogP contribution in [0.15, 0.2) is 77.7 Å². The summed E-state index contributed by atoms with van der Waals surface area (Å²) in [6, 6.07) is 15.4. The molecule has 0 fully saturated rings. The number of carbonyl (C=O) groups is 2. The van der Waals surface area contributed by atoms with Crippen LogP contribution in [0.3, 0.4) is 0 Å². The monoisotopic (exact) mass is 623 g/mol. The fraction of sp³-hybridized carbons (Fsp3) is 0.333. The lowest BCUT2D eigenvalue weighted by Crippen LogP contribution is -2.51. The molecule has 0 spiro atoms. The summed E-state index contributed by atoms with van der Waals surface area (Å²) in [6.45, 7) is 6.60. The third kappa shape index (κ3) is 8.25. The molecule has 7 nitrogen and oxygen atoms in total. The molecule has 3 aromatic rings. The van der Waals surface area contributed by atoms with Gasteiger partial charge in [-0.05, 0) is 55.7 Å². The summed E-state index contributed by atoms with van der Waals surface area (Å²) in [5.74, 6) is -1.13. The van der Waals surface area contributed by atoms with Crippen molar-refractivity contribution >= 4 is 39.1 Å². The number of amides is 2. The molecule has 0 aliphatic carbocycles. The topological polar surface area (TPSA) is 86.8 Å². The van der Waals surface area contributed by atoms with Crippen molar-refractivity contribution in [3.63, 3.8) is 0 Å². The first-order chi connectivity index (χ1) is 19.6. The first-order valence-electron chi connectivity index (χ1n) is 13.2. The molecule has 0 saturated carbocycles. The Labute approximate surface area is 249 Å². The molecule has 0 unspecified atom stereocenters. The number of nitrogens with zero attached hydrogens (tertiary/aromatic N) is 2. The third-order valence-electron chi connectivity index (χ3n) is 6.48. The average Bonchev–Trinajstić information content (AvgIpc) is 2.94. The van der Waals surface area contributed by atoms with Gasteiger partial charge in [-0.2, -0.15) is 13.2 Å². The Morgan fingerprint density at radius 1 is 0.952 bits per heavy atom. The second-order valence-electron chi connectivity index (χ2n) is 10.3. The number of benzene rings is 3. The number of nitrogens with one attached hydrogen (secondary N) is 1. The molecule has 226 valence electrons. The summed E-state index contributed by atoms with van der Waals surface area (Å²) in [6.07, 6.45) is -4.80. The summed E-state index contributed by atoms with van der Waals surface area (Å²) in [5, 5.41) is 2.47. The molecule has 0 radical (unpaired) electrons. The van der Waals surface area contributed by atoms with Gasteiger partial charge in [0.25, 0.3) is 10.0 Å². The molecule has 0 aliphatic heterocycles. The SMILES string of the molecule is Cc1ccc(CN(C(=O)CN(c2cc(C(F)(F)F)ccc2Cl)S(=O)(=O)c2ccccc2)[C@@H](C)C(=O)NCC(C)C)cc1. The molecule has 0 heterocycles. The predicted molar refractivity (Wildman–Crippen MR) is 156 cm³/mol. The summed E-state index contributed by atoms with van der Waals surface area (Å²) in [4.78, 5) is 27.9. The van der Waals surface area contributed by atoms with Gasteiger partial charge in [0.2, 0.25) is 11.8 Å². The lowest BCUT2D eigenvalue weighted by Gasteiger charge is -2.32. The fourth-order valence-electron chi connectivity index (χ4n) is 4.04. The van der Waals surface area contributed by atoms with Crippen LogP contribution in [0.1, 0.15) is 37.5 Å². The van der Waals surface area contributed by atoms with Crippen LogP contribution in [-0.2, 0) is 32.3 Å². The van der Waals surface area contributed by atoms with E-state index in [-0.39, 0.29) is 22.4 Å². The molecule has 2 amide bonds. The van der Waals surface area contributed by atoms with Crippen LogP contribution in [-0.4, -0.2) is 44.3 Å². The second kappa shape index (κ2) is 13.6. The third-order valence-corrected chi connectivity index (χ3v) is 8.57. The maximum absolute atomic E-state index is 13.9. The molecular weight excluding hydrogens is 591 g/mol. The maximum Gasteiger partial charge on any atom is 0.416 e. The Hall–Kier alpha value is -3.57. The summed E-state index contributed by atoms with van der Waals surface area (Å²) < 4.78 is 69.1. The molecule has 42 heavy (non-hydrogen) atoms. The van der Waals surface area contributed by atoms with Crippen molar-refractivity contribution in [2.45, 2.75) is 51.4 Å². The van der Waals surface area contributed by atoms with E-state index in [2.05, 4.69) is 5.32 Å². The lowest BCUT2D eigenvalue weighted by atomic mass is 10.1. The van der Waals surface area contributed by atoms with Crippen LogP contribution < -0.4 is 9.62 Å². The van der Waals surface area contributed by atoms with Crippen molar-refractivity contribution < 1.29 is 31.2 Å². The van der Waals surface area contributed by atoms with Crippen LogP contribution in [0, 0.1) is 12.8 Å². The number of rotatable bonds is 11. The van der Waals surface area contributed by atoms with Gasteiger partial charge in [0.1, 0.15) is 12.6 Å². The van der Waals surface area contributed by atoms with Crippen LogP contribution in [0.2, 0.25) is 5.02 Å². The van der Waals surface area contributed by atoms with Gasteiger partial charge in [-0.3, -0.25) is 13.9 Å². The quantitative estimate of drug-likeness (QED) is 0.282. The minimum absolute atomic E-state index is 0.0507. The predicted octanol–water partition coefficient (Wildman–Crippen LogP) is 6.05. The van der Waals surface area contributed by atoms with Gasteiger partial charge in [0.05, 0.1) is 21.2 Å². The van der Waals surface area contributed by atoms with E-state index in [1.54, 1.807) is 18.2 Å². The van der Waals surface area contributed by atoms with E-state index in [1.165, 1.54) is 36.1 Å². The minimum Gasteiger partial charge on any atom is -0.354 e. The van der Waals surface area contributed by atoms with Crippen LogP contribution in [0.5, 0.6) is 0 Å². The maximum atomic E-state index is 13.9. The Kier molecular flexibility index (Phi) is 10.7. The fourth-order valence-corrected chi connectivity index (χ4v) is 5.75. The van der Waals surface area contributed by atoms with E-state index in [0.717, 1.165) is 17.7 Å². The van der Waals surface area contributed by atoms with Crippen LogP contribution in [0.4, 0.5) is 18.9 Å². The van der Waals surface area contributed by atoms with Gasteiger partial charge in [-0.1, -0.05) is 73.5 Å². The normalized spacial score (nSPS) is 12.6. The minimum atomic E-state index is -4.80. The largest absolute Gasteiger partial charge is 0.416 e. The standard InChI is InChI=1S/C30H33ClF3N3O4S/c1-20(2)17-35-29(39)22(4)36(18-23-12-10-21(3)11-13-23)28(38)19-37(42(40,41)25-8-6-5-7-9-25)27-16-24(30(32,33)34)14-15-26(27)31/h5-16,20,22H,17-19H2,1-4H3,(H,35,39)/t22-/m0/s1. The first kappa shape index (κ1) is 32.9. The Morgan fingerprint density at radius 3 is 2.14 bits per heavy atom. The van der Waals surface area contributed by atoms with Crippen molar-refractivity contribution in [3.8, 4) is 0 Å². The summed E-state index contributed by atoms with van der Waals surface area (Å²) >= 11 is 6.26. The highest BCUT2D eigenvalue weighted by atomic mass is 35.5. The molecular formula is C30H33ClF3N3O4S. The molecule has 1 atom stereocenters. The average molecular weight is 624 g/mol.